The minimum absolute atomic E-state index is 0.0970. The Labute approximate surface area is 78.5 Å². The topological polar surface area (TPSA) is 37.3 Å². The van der Waals surface area contributed by atoms with Crippen LogP contribution in [0.2, 0.25) is 0 Å². The molecule has 0 aliphatic carbocycles. The summed E-state index contributed by atoms with van der Waals surface area (Å²) >= 11 is 0. The molecule has 0 aliphatic rings. The molecule has 0 heterocycles. The summed E-state index contributed by atoms with van der Waals surface area (Å²) < 4.78 is 37.5. The lowest BCUT2D eigenvalue weighted by Gasteiger charge is -2.04. The molecule has 2 nitrogen and oxygen atoms in total. The smallest absolute Gasteiger partial charge is 0.478 e. The van der Waals surface area contributed by atoms with E-state index in [1.807, 2.05) is 0 Å². The van der Waals surface area contributed by atoms with Crippen molar-refractivity contribution >= 4 is 18.7 Å². The van der Waals surface area contributed by atoms with Crippen molar-refractivity contribution in [1.82, 2.24) is 0 Å². The lowest BCUT2D eigenvalue weighted by Crippen LogP contribution is -2.26. The number of hydrogen-bond donors (Lipinski definition) is 1. The second-order valence-corrected chi connectivity index (χ2v) is 2.80. The summed E-state index contributed by atoms with van der Waals surface area (Å²) in [5.41, 5.74) is -1.30. The van der Waals surface area contributed by atoms with Crippen LogP contribution in [0.4, 0.5) is 13.0 Å². The number of halogens is 3. The molecule has 0 spiro atoms. The highest BCUT2D eigenvalue weighted by Crippen LogP contribution is 2.09. The van der Waals surface area contributed by atoms with Crippen molar-refractivity contribution in [2.24, 2.45) is 0 Å². The highest BCUT2D eigenvalue weighted by atomic mass is 19.2. The molecule has 1 aromatic rings. The largest absolute Gasteiger partial charge is 0.574 e. The van der Waals surface area contributed by atoms with Crippen LogP contribution in [0.1, 0.15) is 15.9 Å². The third kappa shape index (κ3) is 1.89. The third-order valence-corrected chi connectivity index (χ3v) is 1.76. The summed E-state index contributed by atoms with van der Waals surface area (Å²) in [6, 6.07) is 1.67. The summed E-state index contributed by atoms with van der Waals surface area (Å²) in [7, 11) is -3.01. The summed E-state index contributed by atoms with van der Waals surface area (Å²) in [6.45, 7) is 1.24. The maximum absolute atomic E-state index is 13.0. The maximum atomic E-state index is 13.0. The second-order valence-electron chi connectivity index (χ2n) is 2.80. The first-order chi connectivity index (χ1) is 6.43. The van der Waals surface area contributed by atoms with Crippen LogP contribution in [0.15, 0.2) is 12.1 Å². The Bertz CT molecular complexity index is 379. The number of carboxylic acids is 1. The average Bonchev–Trinajstić information content (AvgIpc) is 2.08. The van der Waals surface area contributed by atoms with Gasteiger partial charge in [0.2, 0.25) is 0 Å². The van der Waals surface area contributed by atoms with Gasteiger partial charge in [0.05, 0.1) is 5.56 Å². The first-order valence-electron chi connectivity index (χ1n) is 3.75. The van der Waals surface area contributed by atoms with E-state index < -0.39 is 24.5 Å². The zero-order valence-electron chi connectivity index (χ0n) is 7.22. The molecule has 74 valence electrons. The fourth-order valence-electron chi connectivity index (χ4n) is 1.08. The van der Waals surface area contributed by atoms with Crippen LogP contribution < -0.4 is 5.46 Å². The molecular formula is C8H6BF3O2. The molecule has 14 heavy (non-hydrogen) atoms. The van der Waals surface area contributed by atoms with Gasteiger partial charge in [0.15, 0.2) is 0 Å². The number of rotatable bonds is 2. The molecule has 0 saturated heterocycles. The molecule has 0 radical (unpaired) electrons. The Morgan fingerprint density at radius 3 is 2.43 bits per heavy atom. The molecule has 0 bridgehead atoms. The molecule has 1 rings (SSSR count). The Kier molecular flexibility index (Phi) is 2.83. The number of carboxylic acid groups (broad SMARTS) is 1. The van der Waals surface area contributed by atoms with E-state index >= 15 is 0 Å². The number of carbonyl (C=O) groups is 1. The Hall–Kier alpha value is -1.46. The van der Waals surface area contributed by atoms with Crippen molar-refractivity contribution < 1.29 is 22.9 Å². The maximum Gasteiger partial charge on any atom is 0.574 e. The van der Waals surface area contributed by atoms with E-state index in [0.29, 0.717) is 6.07 Å². The van der Waals surface area contributed by atoms with Crippen LogP contribution in [-0.4, -0.2) is 18.3 Å². The van der Waals surface area contributed by atoms with Crippen LogP contribution in [0, 0.1) is 12.7 Å². The highest BCUT2D eigenvalue weighted by Gasteiger charge is 2.24. The molecule has 0 aromatic heterocycles. The van der Waals surface area contributed by atoms with E-state index in [-0.39, 0.29) is 11.1 Å². The van der Waals surface area contributed by atoms with Gasteiger partial charge in [0.1, 0.15) is 5.82 Å². The Morgan fingerprint density at radius 2 is 2.00 bits per heavy atom. The van der Waals surface area contributed by atoms with Crippen molar-refractivity contribution in [3.63, 3.8) is 0 Å². The zero-order chi connectivity index (χ0) is 10.9. The number of aromatic carboxylic acids is 1. The Balaban J connectivity index is 3.35. The van der Waals surface area contributed by atoms with Gasteiger partial charge in [-0.25, -0.2) is 9.18 Å². The van der Waals surface area contributed by atoms with Crippen LogP contribution in [0.3, 0.4) is 0 Å². The monoisotopic (exact) mass is 202 g/mol. The highest BCUT2D eigenvalue weighted by molar-refractivity contribution is 6.60. The van der Waals surface area contributed by atoms with Crippen molar-refractivity contribution in [3.8, 4) is 0 Å². The van der Waals surface area contributed by atoms with Gasteiger partial charge in [-0.15, -0.1) is 0 Å². The Morgan fingerprint density at radius 1 is 1.43 bits per heavy atom. The lowest BCUT2D eigenvalue weighted by atomic mass is 9.83. The number of hydrogen-bond acceptors (Lipinski definition) is 1. The summed E-state index contributed by atoms with van der Waals surface area (Å²) in [5, 5.41) is 8.54. The molecule has 0 amide bonds. The lowest BCUT2D eigenvalue weighted by molar-refractivity contribution is 0.0697. The van der Waals surface area contributed by atoms with E-state index in [2.05, 4.69) is 0 Å². The van der Waals surface area contributed by atoms with Crippen LogP contribution in [-0.2, 0) is 0 Å². The van der Waals surface area contributed by atoms with Gasteiger partial charge >= 0.3 is 13.2 Å². The minimum Gasteiger partial charge on any atom is -0.478 e. The zero-order valence-corrected chi connectivity index (χ0v) is 7.22. The standard InChI is InChI=1S/C8H6BF3O2/c1-4-2-5(8(13)14)3-6(7(4)10)9(11)12/h2-3H,1H3,(H,13,14). The molecule has 0 fully saturated rings. The number of aryl methyl sites for hydroxylation is 1. The normalized spacial score (nSPS) is 10.0. The summed E-state index contributed by atoms with van der Waals surface area (Å²) in [5.74, 6) is -2.40. The molecule has 1 aromatic carbocycles. The van der Waals surface area contributed by atoms with E-state index in [1.165, 1.54) is 6.92 Å². The predicted octanol–water partition coefficient (Wildman–Crippen LogP) is 1.47. The summed E-state index contributed by atoms with van der Waals surface area (Å²) in [4.78, 5) is 10.5. The van der Waals surface area contributed by atoms with E-state index in [9.17, 15) is 17.8 Å². The van der Waals surface area contributed by atoms with Gasteiger partial charge in [-0.2, -0.15) is 0 Å². The molecule has 1 N–H and O–H groups in total. The first kappa shape index (κ1) is 10.6. The SMILES string of the molecule is Cc1cc(C(=O)O)cc(B(F)F)c1F. The average molecular weight is 202 g/mol. The van der Waals surface area contributed by atoms with Gasteiger partial charge < -0.3 is 5.11 Å². The molecular weight excluding hydrogens is 196 g/mol. The van der Waals surface area contributed by atoms with E-state index in [4.69, 9.17) is 5.11 Å². The van der Waals surface area contributed by atoms with Gasteiger partial charge in [-0.05, 0) is 24.6 Å². The first-order valence-corrected chi connectivity index (χ1v) is 3.75. The van der Waals surface area contributed by atoms with Crippen molar-refractivity contribution in [3.05, 3.63) is 29.1 Å². The molecule has 0 unspecified atom stereocenters. The minimum atomic E-state index is -3.01. The van der Waals surface area contributed by atoms with Crippen LogP contribution in [0.5, 0.6) is 0 Å². The van der Waals surface area contributed by atoms with Crippen molar-refractivity contribution in [2.75, 3.05) is 0 Å². The molecule has 0 aliphatic heterocycles. The second kappa shape index (κ2) is 3.73. The van der Waals surface area contributed by atoms with E-state index in [0.717, 1.165) is 6.07 Å². The quantitative estimate of drug-likeness (QED) is 0.737. The fourth-order valence-corrected chi connectivity index (χ4v) is 1.08. The van der Waals surface area contributed by atoms with Gasteiger partial charge in [-0.3, -0.25) is 8.63 Å². The van der Waals surface area contributed by atoms with Crippen molar-refractivity contribution in [1.29, 1.82) is 0 Å². The molecule has 6 heteroatoms. The van der Waals surface area contributed by atoms with Gasteiger partial charge in [-0.1, -0.05) is 0 Å². The van der Waals surface area contributed by atoms with Gasteiger partial charge in [0.25, 0.3) is 0 Å². The predicted molar refractivity (Wildman–Crippen MR) is 45.7 cm³/mol. The van der Waals surface area contributed by atoms with Crippen LogP contribution >= 0.6 is 0 Å². The molecule has 0 saturated carbocycles. The number of benzene rings is 1. The van der Waals surface area contributed by atoms with Crippen LogP contribution in [0.25, 0.3) is 0 Å². The van der Waals surface area contributed by atoms with Gasteiger partial charge in [0, 0.05) is 5.46 Å². The fraction of sp³-hybridized carbons (Fsp3) is 0.125. The van der Waals surface area contributed by atoms with E-state index in [1.54, 1.807) is 0 Å². The molecule has 0 atom stereocenters. The summed E-state index contributed by atoms with van der Waals surface area (Å²) in [6.07, 6.45) is 0. The third-order valence-electron chi connectivity index (χ3n) is 1.76. The van der Waals surface area contributed by atoms with Crippen molar-refractivity contribution in [2.45, 2.75) is 6.92 Å².